The summed E-state index contributed by atoms with van der Waals surface area (Å²) in [5.41, 5.74) is 5.07. The van der Waals surface area contributed by atoms with E-state index in [1.165, 1.54) is 16.9 Å². The van der Waals surface area contributed by atoms with Crippen LogP contribution >= 0.6 is 23.1 Å². The molecule has 35 heavy (non-hydrogen) atoms. The molecule has 0 aliphatic heterocycles. The largest absolute Gasteiger partial charge is 0.462 e. The fourth-order valence-electron chi connectivity index (χ4n) is 4.27. The van der Waals surface area contributed by atoms with E-state index in [4.69, 9.17) is 4.74 Å². The minimum Gasteiger partial charge on any atom is -0.462 e. The zero-order valence-corrected chi connectivity index (χ0v) is 21.2. The van der Waals surface area contributed by atoms with Crippen molar-refractivity contribution in [2.45, 2.75) is 24.5 Å². The lowest BCUT2D eigenvalue weighted by Crippen LogP contribution is -2.06. The predicted molar refractivity (Wildman–Crippen MR) is 144 cm³/mol. The monoisotopic (exact) mass is 499 g/mol. The number of ether oxygens (including phenoxy) is 1. The lowest BCUT2D eigenvalue weighted by molar-refractivity contribution is 0.0531. The van der Waals surface area contributed by atoms with Gasteiger partial charge in [-0.3, -0.25) is 4.79 Å². The zero-order chi connectivity index (χ0) is 24.4. The van der Waals surface area contributed by atoms with Gasteiger partial charge in [0.05, 0.1) is 32.3 Å². The van der Waals surface area contributed by atoms with Crippen LogP contribution in [-0.4, -0.2) is 28.5 Å². The first kappa shape index (κ1) is 23.4. The van der Waals surface area contributed by atoms with Crippen LogP contribution in [-0.2, 0) is 11.2 Å². The summed E-state index contributed by atoms with van der Waals surface area (Å²) < 4.78 is 8.54. The summed E-state index contributed by atoms with van der Waals surface area (Å²) in [6.07, 6.45) is 2.90. The number of thiophene rings is 1. The van der Waals surface area contributed by atoms with Crippen molar-refractivity contribution in [1.82, 2.24) is 4.40 Å². The highest BCUT2D eigenvalue weighted by Crippen LogP contribution is 2.44. The van der Waals surface area contributed by atoms with E-state index >= 15 is 0 Å². The first-order chi connectivity index (χ1) is 17.1. The molecule has 5 rings (SSSR count). The smallest absolute Gasteiger partial charge is 0.341 e. The zero-order valence-electron chi connectivity index (χ0n) is 19.6. The Labute approximate surface area is 212 Å². The van der Waals surface area contributed by atoms with Crippen molar-refractivity contribution >= 4 is 51.3 Å². The molecule has 0 radical (unpaired) electrons. The van der Waals surface area contributed by atoms with Crippen LogP contribution in [0.25, 0.3) is 16.4 Å². The number of carbonyl (C=O) groups excluding carboxylic acids is 2. The van der Waals surface area contributed by atoms with E-state index in [1.54, 1.807) is 18.7 Å². The maximum Gasteiger partial charge on any atom is 0.341 e. The van der Waals surface area contributed by atoms with Gasteiger partial charge in [-0.1, -0.05) is 60.7 Å². The van der Waals surface area contributed by atoms with E-state index in [1.807, 2.05) is 66.1 Å². The van der Waals surface area contributed by atoms with Gasteiger partial charge >= 0.3 is 5.97 Å². The van der Waals surface area contributed by atoms with Crippen LogP contribution < -0.4 is 0 Å². The van der Waals surface area contributed by atoms with Crippen molar-refractivity contribution < 1.29 is 14.3 Å². The number of benzene rings is 2. The number of nitrogens with zero attached hydrogens (tertiary/aromatic N) is 1. The summed E-state index contributed by atoms with van der Waals surface area (Å²) in [5.74, 6) is 0.395. The van der Waals surface area contributed by atoms with Crippen molar-refractivity contribution in [1.29, 1.82) is 0 Å². The molecule has 0 saturated carbocycles. The van der Waals surface area contributed by atoms with Crippen molar-refractivity contribution in [3.63, 3.8) is 0 Å². The fourth-order valence-corrected chi connectivity index (χ4v) is 6.86. The third-order valence-corrected chi connectivity index (χ3v) is 8.34. The maximum absolute atomic E-state index is 13.7. The van der Waals surface area contributed by atoms with Crippen LogP contribution in [0, 0.1) is 6.92 Å². The van der Waals surface area contributed by atoms with Gasteiger partial charge in [0.1, 0.15) is 0 Å². The third kappa shape index (κ3) is 4.51. The lowest BCUT2D eigenvalue weighted by Gasteiger charge is -2.05. The van der Waals surface area contributed by atoms with Gasteiger partial charge in [-0.25, -0.2) is 4.79 Å². The highest BCUT2D eigenvalue weighted by atomic mass is 32.2. The first-order valence-corrected chi connectivity index (χ1v) is 13.4. The average Bonchev–Trinajstić information content (AvgIpc) is 3.40. The molecule has 3 aromatic heterocycles. The molecular formula is C29H25NO3S2. The summed E-state index contributed by atoms with van der Waals surface area (Å²) in [7, 11) is 0. The van der Waals surface area contributed by atoms with Crippen LogP contribution in [0.2, 0.25) is 0 Å². The van der Waals surface area contributed by atoms with Crippen molar-refractivity contribution in [3.05, 3.63) is 106 Å². The van der Waals surface area contributed by atoms with E-state index in [0.717, 1.165) is 33.0 Å². The van der Waals surface area contributed by atoms with Gasteiger partial charge in [-0.05, 0) is 43.5 Å². The van der Waals surface area contributed by atoms with E-state index in [0.29, 0.717) is 21.4 Å². The molecule has 0 fully saturated rings. The molecule has 5 aromatic rings. The molecule has 176 valence electrons. The van der Waals surface area contributed by atoms with Gasteiger partial charge in [0, 0.05) is 22.9 Å². The third-order valence-electron chi connectivity index (χ3n) is 5.90. The molecule has 0 bridgehead atoms. The van der Waals surface area contributed by atoms with E-state index < -0.39 is 5.97 Å². The van der Waals surface area contributed by atoms with Gasteiger partial charge in [0.2, 0.25) is 5.78 Å². The number of fused-ring (bicyclic) bond motifs is 3. The molecule has 0 aliphatic carbocycles. The average molecular weight is 500 g/mol. The molecule has 2 aromatic carbocycles. The van der Waals surface area contributed by atoms with Crippen molar-refractivity contribution in [2.75, 3.05) is 12.4 Å². The summed E-state index contributed by atoms with van der Waals surface area (Å²) in [6.45, 7) is 4.07. The van der Waals surface area contributed by atoms with Crippen LogP contribution in [0.4, 0.5) is 0 Å². The number of rotatable bonds is 8. The van der Waals surface area contributed by atoms with E-state index in [-0.39, 0.29) is 12.4 Å². The lowest BCUT2D eigenvalue weighted by atomic mass is 10.1. The summed E-state index contributed by atoms with van der Waals surface area (Å²) in [4.78, 5) is 27.5. The van der Waals surface area contributed by atoms with E-state index in [9.17, 15) is 9.59 Å². The van der Waals surface area contributed by atoms with Crippen molar-refractivity contribution in [2.24, 2.45) is 0 Å². The molecule has 4 nitrogen and oxygen atoms in total. The van der Waals surface area contributed by atoms with Crippen LogP contribution in [0.3, 0.4) is 0 Å². The second-order valence-corrected chi connectivity index (χ2v) is 10.7. The number of hydrogen-bond acceptors (Lipinski definition) is 5. The number of aryl methyl sites for hydroxylation is 2. The second kappa shape index (κ2) is 10.1. The number of esters is 1. The number of hydrogen-bond donors (Lipinski definition) is 0. The summed E-state index contributed by atoms with van der Waals surface area (Å²) in [6, 6.07) is 23.6. The van der Waals surface area contributed by atoms with Gasteiger partial charge in [-0.2, -0.15) is 0 Å². The SMILES string of the molecule is CCOC(=O)c1c2c(C(=O)c3ccccc3)sc(SCCc3ccccc3)c2n2ccc(C)cc12. The molecular weight excluding hydrogens is 474 g/mol. The Morgan fingerprint density at radius 3 is 2.43 bits per heavy atom. The van der Waals surface area contributed by atoms with Crippen LogP contribution in [0.5, 0.6) is 0 Å². The Hall–Kier alpha value is -3.35. The number of pyridine rings is 1. The maximum atomic E-state index is 13.7. The van der Waals surface area contributed by atoms with Crippen molar-refractivity contribution in [3.8, 4) is 0 Å². The molecule has 0 aliphatic rings. The minimum atomic E-state index is -0.397. The van der Waals surface area contributed by atoms with Gasteiger partial charge < -0.3 is 9.14 Å². The molecule has 0 saturated heterocycles. The Bertz CT molecular complexity index is 1520. The van der Waals surface area contributed by atoms with Crippen LogP contribution in [0.1, 0.15) is 43.6 Å². The fraction of sp³-hybridized carbons (Fsp3) is 0.172. The highest BCUT2D eigenvalue weighted by molar-refractivity contribution is 8.01. The summed E-state index contributed by atoms with van der Waals surface area (Å²) in [5, 5.41) is 0.690. The number of aromatic nitrogens is 1. The molecule has 0 amide bonds. The Balaban J connectivity index is 1.69. The molecule has 0 N–H and O–H groups in total. The quantitative estimate of drug-likeness (QED) is 0.129. The highest BCUT2D eigenvalue weighted by Gasteiger charge is 2.29. The standard InChI is InChI=1S/C29H25NO3S2/c1-3-33-28(32)23-22-18-19(2)14-16-30(22)25-24(23)27(26(31)21-12-8-5-9-13-21)35-29(25)34-17-15-20-10-6-4-7-11-20/h4-14,16,18H,3,15,17H2,1-2H3. The Morgan fingerprint density at radius 1 is 1.00 bits per heavy atom. The number of thioether (sulfide) groups is 1. The molecule has 3 heterocycles. The van der Waals surface area contributed by atoms with E-state index in [2.05, 4.69) is 24.3 Å². The summed E-state index contributed by atoms with van der Waals surface area (Å²) >= 11 is 3.20. The van der Waals surface area contributed by atoms with Gasteiger partial charge in [0.25, 0.3) is 0 Å². The number of ketones is 1. The Morgan fingerprint density at radius 2 is 1.71 bits per heavy atom. The number of carbonyl (C=O) groups is 2. The topological polar surface area (TPSA) is 47.8 Å². The normalized spacial score (nSPS) is 11.3. The molecule has 0 atom stereocenters. The minimum absolute atomic E-state index is 0.0753. The molecule has 6 heteroatoms. The van der Waals surface area contributed by atoms with Gasteiger partial charge in [0.15, 0.2) is 0 Å². The van der Waals surface area contributed by atoms with Crippen LogP contribution in [0.15, 0.2) is 83.2 Å². The van der Waals surface area contributed by atoms with Gasteiger partial charge in [-0.15, -0.1) is 23.1 Å². The first-order valence-electron chi connectivity index (χ1n) is 11.6. The molecule has 0 unspecified atom stereocenters. The second-order valence-electron chi connectivity index (χ2n) is 8.28. The predicted octanol–water partition coefficient (Wildman–Crippen LogP) is 7.20. The Kier molecular flexibility index (Phi) is 6.75. The molecule has 0 spiro atoms.